The van der Waals surface area contributed by atoms with Crippen LogP contribution in [0.5, 0.6) is 11.5 Å². The third kappa shape index (κ3) is 4.28. The zero-order valence-electron chi connectivity index (χ0n) is 21.6. The van der Waals surface area contributed by atoms with E-state index in [1.807, 2.05) is 43.5 Å². The van der Waals surface area contributed by atoms with E-state index in [0.717, 1.165) is 21.6 Å². The number of hydrogen-bond donors (Lipinski definition) is 1. The van der Waals surface area contributed by atoms with Crippen molar-refractivity contribution >= 4 is 34.5 Å². The summed E-state index contributed by atoms with van der Waals surface area (Å²) in [5, 5.41) is 13.5. The van der Waals surface area contributed by atoms with E-state index in [9.17, 15) is 14.7 Å². The number of methoxy groups -OCH3 is 2. The zero-order chi connectivity index (χ0) is 26.4. The van der Waals surface area contributed by atoms with Crippen LogP contribution in [0, 0.1) is 13.8 Å². The number of anilines is 1. The minimum Gasteiger partial charge on any atom is -0.507 e. The van der Waals surface area contributed by atoms with Crippen molar-refractivity contribution in [2.24, 2.45) is 0 Å². The number of hydrogen-bond acceptors (Lipinski definition) is 6. The van der Waals surface area contributed by atoms with Gasteiger partial charge in [0.1, 0.15) is 11.8 Å². The topological polar surface area (TPSA) is 76.1 Å². The number of Topliss-reactive ketones (excluding diaryl/α,β-unsaturated/α-hetero) is 1. The Kier molecular flexibility index (Phi) is 6.71. The van der Waals surface area contributed by atoms with Crippen molar-refractivity contribution in [1.82, 2.24) is 0 Å². The first-order valence-electron chi connectivity index (χ1n) is 11.7. The van der Waals surface area contributed by atoms with Crippen molar-refractivity contribution in [3.05, 3.63) is 80.5 Å². The number of thiophene rings is 1. The fourth-order valence-corrected chi connectivity index (χ4v) is 5.50. The number of rotatable bonds is 5. The van der Waals surface area contributed by atoms with Gasteiger partial charge in [-0.05, 0) is 65.6 Å². The molecule has 1 fully saturated rings. The van der Waals surface area contributed by atoms with Crippen LogP contribution in [0.25, 0.3) is 5.76 Å². The summed E-state index contributed by atoms with van der Waals surface area (Å²) in [6, 6.07) is 12.1. The minimum absolute atomic E-state index is 0.0782. The molecule has 0 aliphatic carbocycles. The van der Waals surface area contributed by atoms with Gasteiger partial charge in [-0.2, -0.15) is 0 Å². The van der Waals surface area contributed by atoms with Crippen molar-refractivity contribution < 1.29 is 24.2 Å². The summed E-state index contributed by atoms with van der Waals surface area (Å²) in [4.78, 5) is 29.3. The number of ether oxygens (including phenoxy) is 2. The predicted octanol–water partition coefficient (Wildman–Crippen LogP) is 6.31. The first kappa shape index (κ1) is 25.5. The number of nitrogens with zero attached hydrogens (tertiary/aromatic N) is 1. The van der Waals surface area contributed by atoms with Crippen molar-refractivity contribution in [2.75, 3.05) is 19.1 Å². The van der Waals surface area contributed by atoms with E-state index in [2.05, 4.69) is 20.8 Å². The second kappa shape index (κ2) is 9.47. The number of ketones is 1. The SMILES string of the molecule is COc1ccc(N2C(=O)C(=O)/C(=C(/O)c3cc(C(C)(C)C)ccc3C)C2c2sccc2C)cc1OC. The molecule has 188 valence electrons. The first-order valence-corrected chi connectivity index (χ1v) is 12.6. The maximum Gasteiger partial charge on any atom is 0.300 e. The molecule has 0 bridgehead atoms. The maximum atomic E-state index is 13.5. The van der Waals surface area contributed by atoms with Gasteiger partial charge in [-0.3, -0.25) is 14.5 Å². The Hall–Kier alpha value is -3.58. The minimum atomic E-state index is -0.777. The summed E-state index contributed by atoms with van der Waals surface area (Å²) in [6.45, 7) is 10.1. The maximum absolute atomic E-state index is 13.5. The van der Waals surface area contributed by atoms with Crippen LogP contribution in [-0.4, -0.2) is 31.0 Å². The van der Waals surface area contributed by atoms with E-state index in [1.54, 1.807) is 18.2 Å². The third-order valence-corrected chi connectivity index (χ3v) is 7.67. The lowest BCUT2D eigenvalue weighted by Gasteiger charge is -2.26. The summed E-state index contributed by atoms with van der Waals surface area (Å²) in [6.07, 6.45) is 0. The molecule has 1 atom stereocenters. The lowest BCUT2D eigenvalue weighted by atomic mass is 9.84. The Morgan fingerprint density at radius 1 is 0.944 bits per heavy atom. The van der Waals surface area contributed by atoms with E-state index in [0.29, 0.717) is 22.7 Å². The van der Waals surface area contributed by atoms with Crippen LogP contribution < -0.4 is 14.4 Å². The summed E-state index contributed by atoms with van der Waals surface area (Å²) < 4.78 is 10.8. The van der Waals surface area contributed by atoms with Gasteiger partial charge in [0.05, 0.1) is 19.8 Å². The molecule has 1 saturated heterocycles. The fourth-order valence-electron chi connectivity index (χ4n) is 4.47. The Bertz CT molecular complexity index is 1380. The summed E-state index contributed by atoms with van der Waals surface area (Å²) in [7, 11) is 3.05. The molecule has 1 N–H and O–H groups in total. The van der Waals surface area contributed by atoms with Crippen molar-refractivity contribution in [3.63, 3.8) is 0 Å². The molecule has 6 nitrogen and oxygen atoms in total. The molecule has 7 heteroatoms. The van der Waals surface area contributed by atoms with Crippen LogP contribution in [0.2, 0.25) is 0 Å². The molecule has 3 aromatic rings. The van der Waals surface area contributed by atoms with Crippen molar-refractivity contribution in [3.8, 4) is 11.5 Å². The van der Waals surface area contributed by atoms with Crippen LogP contribution >= 0.6 is 11.3 Å². The zero-order valence-corrected chi connectivity index (χ0v) is 22.4. The smallest absolute Gasteiger partial charge is 0.300 e. The third-order valence-electron chi connectivity index (χ3n) is 6.60. The highest BCUT2D eigenvalue weighted by molar-refractivity contribution is 7.10. The number of carbonyl (C=O) groups excluding carboxylic acids is 2. The van der Waals surface area contributed by atoms with Gasteiger partial charge in [-0.25, -0.2) is 0 Å². The van der Waals surface area contributed by atoms with Gasteiger partial charge in [0, 0.05) is 22.2 Å². The second-order valence-electron chi connectivity index (χ2n) is 9.96. The molecule has 1 amide bonds. The Balaban J connectivity index is 1.98. The van der Waals surface area contributed by atoms with Gasteiger partial charge in [0.25, 0.3) is 11.7 Å². The number of benzene rings is 2. The van der Waals surface area contributed by atoms with Gasteiger partial charge in [-0.15, -0.1) is 11.3 Å². The molecule has 0 radical (unpaired) electrons. The molecule has 4 rings (SSSR count). The van der Waals surface area contributed by atoms with Crippen LogP contribution in [-0.2, 0) is 15.0 Å². The number of aliphatic hydroxyl groups is 1. The Morgan fingerprint density at radius 2 is 1.64 bits per heavy atom. The van der Waals surface area contributed by atoms with E-state index in [4.69, 9.17) is 9.47 Å². The highest BCUT2D eigenvalue weighted by Crippen LogP contribution is 2.46. The number of amides is 1. The number of carbonyl (C=O) groups is 2. The molecule has 1 aliphatic rings. The van der Waals surface area contributed by atoms with Crippen LogP contribution in [0.1, 0.15) is 53.9 Å². The van der Waals surface area contributed by atoms with Crippen molar-refractivity contribution in [2.45, 2.75) is 46.1 Å². The van der Waals surface area contributed by atoms with Crippen molar-refractivity contribution in [1.29, 1.82) is 0 Å². The number of aryl methyl sites for hydroxylation is 2. The predicted molar refractivity (Wildman–Crippen MR) is 143 cm³/mol. The molecule has 36 heavy (non-hydrogen) atoms. The van der Waals surface area contributed by atoms with E-state index >= 15 is 0 Å². The monoisotopic (exact) mass is 505 g/mol. The summed E-state index contributed by atoms with van der Waals surface area (Å²) in [5.41, 5.74) is 3.72. The van der Waals surface area contributed by atoms with E-state index < -0.39 is 17.7 Å². The summed E-state index contributed by atoms with van der Waals surface area (Å²) in [5.74, 6) is -0.645. The standard InChI is InChI=1S/C29H31NO5S/c1-16-8-9-18(29(3,4)5)14-20(16)25(31)23-24(27-17(2)12-13-36-27)30(28(33)26(23)32)19-10-11-21(34-6)22(15-19)35-7/h8-15,24,31H,1-7H3/b25-23+. The highest BCUT2D eigenvalue weighted by atomic mass is 32.1. The Morgan fingerprint density at radius 3 is 2.22 bits per heavy atom. The molecule has 2 aromatic carbocycles. The fraction of sp³-hybridized carbons (Fsp3) is 0.310. The van der Waals surface area contributed by atoms with Gasteiger partial charge < -0.3 is 14.6 Å². The lowest BCUT2D eigenvalue weighted by molar-refractivity contribution is -0.132. The van der Waals surface area contributed by atoms with Crippen LogP contribution in [0.15, 0.2) is 53.4 Å². The first-order chi connectivity index (χ1) is 17.0. The molecule has 0 saturated carbocycles. The van der Waals surface area contributed by atoms with E-state index in [-0.39, 0.29) is 16.7 Å². The van der Waals surface area contributed by atoms with Gasteiger partial charge in [0.2, 0.25) is 0 Å². The average Bonchev–Trinajstić information content (AvgIpc) is 3.37. The molecule has 0 spiro atoms. The molecule has 1 unspecified atom stereocenters. The normalized spacial score (nSPS) is 17.5. The average molecular weight is 506 g/mol. The highest BCUT2D eigenvalue weighted by Gasteiger charge is 2.48. The number of aliphatic hydroxyl groups excluding tert-OH is 1. The summed E-state index contributed by atoms with van der Waals surface area (Å²) >= 11 is 1.45. The molecular formula is C29H31NO5S. The molecule has 1 aromatic heterocycles. The molecule has 1 aliphatic heterocycles. The second-order valence-corrected chi connectivity index (χ2v) is 10.9. The van der Waals surface area contributed by atoms with Gasteiger partial charge >= 0.3 is 0 Å². The lowest BCUT2D eigenvalue weighted by Crippen LogP contribution is -2.29. The van der Waals surface area contributed by atoms with E-state index in [1.165, 1.54) is 30.5 Å². The molecule has 2 heterocycles. The van der Waals surface area contributed by atoms with Gasteiger partial charge in [0.15, 0.2) is 11.5 Å². The molecular weight excluding hydrogens is 474 g/mol. The van der Waals surface area contributed by atoms with Crippen LogP contribution in [0.3, 0.4) is 0 Å². The Labute approximate surface area is 215 Å². The largest absolute Gasteiger partial charge is 0.507 e. The van der Waals surface area contributed by atoms with Gasteiger partial charge in [-0.1, -0.05) is 32.9 Å². The van der Waals surface area contributed by atoms with Crippen LogP contribution in [0.4, 0.5) is 5.69 Å². The quantitative estimate of drug-likeness (QED) is 0.250.